The Morgan fingerprint density at radius 2 is 2.35 bits per heavy atom. The molecule has 0 saturated carbocycles. The van der Waals surface area contributed by atoms with Crippen LogP contribution in [-0.2, 0) is 11.3 Å². The van der Waals surface area contributed by atoms with E-state index in [2.05, 4.69) is 15.6 Å². The summed E-state index contributed by atoms with van der Waals surface area (Å²) in [6.45, 7) is 4.92. The molecule has 1 aromatic rings. The average Bonchev–Trinajstić information content (AvgIpc) is 2.36. The number of amides is 1. The smallest absolute Gasteiger partial charge is 0.236 e. The minimum absolute atomic E-state index is 0.00430. The number of pyridine rings is 1. The predicted molar refractivity (Wildman–Crippen MR) is 65.8 cm³/mol. The Labute approximate surface area is 102 Å². The molecule has 0 aromatic carbocycles. The zero-order valence-electron chi connectivity index (χ0n) is 10.5. The Balaban J connectivity index is 2.52. The van der Waals surface area contributed by atoms with Gasteiger partial charge in [0.2, 0.25) is 11.8 Å². The molecule has 0 aliphatic carbocycles. The van der Waals surface area contributed by atoms with Crippen LogP contribution in [0.2, 0.25) is 0 Å². The molecule has 0 bridgehead atoms. The molecule has 0 radical (unpaired) electrons. The summed E-state index contributed by atoms with van der Waals surface area (Å²) in [6.07, 6.45) is 1.68. The fraction of sp³-hybridized carbons (Fsp3) is 0.500. The van der Waals surface area contributed by atoms with Gasteiger partial charge in [0.25, 0.3) is 0 Å². The number of nitrogens with one attached hydrogen (secondary N) is 2. The molecule has 2 N–H and O–H groups in total. The molecule has 1 atom stereocenters. The van der Waals surface area contributed by atoms with Crippen molar-refractivity contribution in [3.05, 3.63) is 23.9 Å². The molecule has 5 heteroatoms. The van der Waals surface area contributed by atoms with E-state index in [0.29, 0.717) is 19.0 Å². The highest BCUT2D eigenvalue weighted by atomic mass is 16.5. The lowest BCUT2D eigenvalue weighted by atomic mass is 10.2. The molecule has 1 rings (SSSR count). The first kappa shape index (κ1) is 13.4. The number of ether oxygens (including phenoxy) is 1. The van der Waals surface area contributed by atoms with E-state index in [-0.39, 0.29) is 11.9 Å². The highest BCUT2D eigenvalue weighted by Gasteiger charge is 2.12. The Hall–Kier alpha value is -1.62. The summed E-state index contributed by atoms with van der Waals surface area (Å²) in [5, 5.41) is 5.89. The van der Waals surface area contributed by atoms with Crippen molar-refractivity contribution in [1.82, 2.24) is 15.6 Å². The van der Waals surface area contributed by atoms with Crippen LogP contribution in [0.3, 0.4) is 0 Å². The highest BCUT2D eigenvalue weighted by molar-refractivity contribution is 5.81. The van der Waals surface area contributed by atoms with Crippen LogP contribution in [0.5, 0.6) is 5.88 Å². The predicted octanol–water partition coefficient (Wildman–Crippen LogP) is 0.704. The minimum atomic E-state index is -0.236. The summed E-state index contributed by atoms with van der Waals surface area (Å²) in [7, 11) is 1.58. The number of methoxy groups -OCH3 is 1. The molecule has 0 fully saturated rings. The summed E-state index contributed by atoms with van der Waals surface area (Å²) in [5.74, 6) is 0.582. The van der Waals surface area contributed by atoms with E-state index >= 15 is 0 Å². The molecule has 0 saturated heterocycles. The Kier molecular flexibility index (Phi) is 5.42. The molecule has 94 valence electrons. The molecule has 5 nitrogen and oxygen atoms in total. The molecule has 17 heavy (non-hydrogen) atoms. The largest absolute Gasteiger partial charge is 0.481 e. The van der Waals surface area contributed by atoms with Gasteiger partial charge in [-0.1, -0.05) is 6.07 Å². The fourth-order valence-corrected chi connectivity index (χ4v) is 1.43. The van der Waals surface area contributed by atoms with Crippen molar-refractivity contribution >= 4 is 5.91 Å². The van der Waals surface area contributed by atoms with Crippen molar-refractivity contribution in [2.45, 2.75) is 26.4 Å². The van der Waals surface area contributed by atoms with Crippen molar-refractivity contribution in [2.75, 3.05) is 13.7 Å². The maximum Gasteiger partial charge on any atom is 0.236 e. The summed E-state index contributed by atoms with van der Waals surface area (Å²) < 4.78 is 5.13. The highest BCUT2D eigenvalue weighted by Crippen LogP contribution is 2.12. The quantitative estimate of drug-likeness (QED) is 0.764. The second-order valence-corrected chi connectivity index (χ2v) is 3.67. The fourth-order valence-electron chi connectivity index (χ4n) is 1.43. The van der Waals surface area contributed by atoms with Crippen molar-refractivity contribution in [3.8, 4) is 5.88 Å². The van der Waals surface area contributed by atoms with Crippen LogP contribution in [-0.4, -0.2) is 30.6 Å². The lowest BCUT2D eigenvalue weighted by Crippen LogP contribution is -2.41. The first-order valence-corrected chi connectivity index (χ1v) is 5.68. The van der Waals surface area contributed by atoms with Crippen LogP contribution in [0.4, 0.5) is 0 Å². The lowest BCUT2D eigenvalue weighted by molar-refractivity contribution is -0.122. The molecule has 0 aliphatic heterocycles. The molecular formula is C12H19N3O2. The van der Waals surface area contributed by atoms with Crippen LogP contribution in [0, 0.1) is 0 Å². The molecular weight excluding hydrogens is 218 g/mol. The third kappa shape index (κ3) is 4.03. The number of aromatic nitrogens is 1. The van der Waals surface area contributed by atoms with Gasteiger partial charge in [-0.3, -0.25) is 4.79 Å². The zero-order valence-corrected chi connectivity index (χ0v) is 10.5. The molecule has 0 aliphatic rings. The van der Waals surface area contributed by atoms with Crippen LogP contribution >= 0.6 is 0 Å². The summed E-state index contributed by atoms with van der Waals surface area (Å²) in [4.78, 5) is 15.6. The van der Waals surface area contributed by atoms with Crippen molar-refractivity contribution in [1.29, 1.82) is 0 Å². The maximum atomic E-state index is 11.5. The Morgan fingerprint density at radius 3 is 3.00 bits per heavy atom. The van der Waals surface area contributed by atoms with Crippen molar-refractivity contribution in [3.63, 3.8) is 0 Å². The van der Waals surface area contributed by atoms with Gasteiger partial charge in [-0.25, -0.2) is 4.98 Å². The number of carbonyl (C=O) groups excluding carboxylic acids is 1. The van der Waals surface area contributed by atoms with E-state index < -0.39 is 0 Å². The second-order valence-electron chi connectivity index (χ2n) is 3.67. The summed E-state index contributed by atoms with van der Waals surface area (Å²) in [6, 6.07) is 3.53. The van der Waals surface area contributed by atoms with E-state index in [1.807, 2.05) is 26.0 Å². The second kappa shape index (κ2) is 6.85. The maximum absolute atomic E-state index is 11.5. The molecule has 0 spiro atoms. The number of nitrogens with zero attached hydrogens (tertiary/aromatic N) is 1. The molecule has 1 amide bonds. The standard InChI is InChI=1S/C12H19N3O2/c1-4-13-11(16)9(2)15-8-10-6-5-7-14-12(10)17-3/h5-7,9,15H,4,8H2,1-3H3,(H,13,16). The van der Waals surface area contributed by atoms with Gasteiger partial charge in [-0.2, -0.15) is 0 Å². The van der Waals surface area contributed by atoms with Gasteiger partial charge in [0, 0.05) is 24.8 Å². The third-order valence-corrected chi connectivity index (χ3v) is 2.39. The Bertz CT molecular complexity index is 369. The third-order valence-electron chi connectivity index (χ3n) is 2.39. The lowest BCUT2D eigenvalue weighted by Gasteiger charge is -2.14. The van der Waals surface area contributed by atoms with Gasteiger partial charge in [-0.05, 0) is 19.9 Å². The number of hydrogen-bond donors (Lipinski definition) is 2. The van der Waals surface area contributed by atoms with E-state index in [4.69, 9.17) is 4.74 Å². The zero-order chi connectivity index (χ0) is 12.7. The van der Waals surface area contributed by atoms with Gasteiger partial charge >= 0.3 is 0 Å². The number of carbonyl (C=O) groups is 1. The van der Waals surface area contributed by atoms with Gasteiger partial charge in [-0.15, -0.1) is 0 Å². The molecule has 1 aromatic heterocycles. The summed E-state index contributed by atoms with van der Waals surface area (Å²) >= 11 is 0. The number of hydrogen-bond acceptors (Lipinski definition) is 4. The Morgan fingerprint density at radius 1 is 1.59 bits per heavy atom. The topological polar surface area (TPSA) is 63.2 Å². The van der Waals surface area contributed by atoms with E-state index in [0.717, 1.165) is 5.56 Å². The van der Waals surface area contributed by atoms with Crippen LogP contribution in [0.15, 0.2) is 18.3 Å². The minimum Gasteiger partial charge on any atom is -0.481 e. The van der Waals surface area contributed by atoms with E-state index in [1.165, 1.54) is 0 Å². The average molecular weight is 237 g/mol. The number of rotatable bonds is 6. The monoisotopic (exact) mass is 237 g/mol. The SMILES string of the molecule is CCNC(=O)C(C)NCc1cccnc1OC. The molecule has 1 heterocycles. The molecule has 1 unspecified atom stereocenters. The van der Waals surface area contributed by atoms with Crippen LogP contribution < -0.4 is 15.4 Å². The van der Waals surface area contributed by atoms with Gasteiger partial charge in [0.05, 0.1) is 13.2 Å². The van der Waals surface area contributed by atoms with Crippen molar-refractivity contribution < 1.29 is 9.53 Å². The first-order chi connectivity index (χ1) is 8.19. The van der Waals surface area contributed by atoms with Gasteiger partial charge in [0.1, 0.15) is 0 Å². The first-order valence-electron chi connectivity index (χ1n) is 5.68. The van der Waals surface area contributed by atoms with Gasteiger partial charge in [0.15, 0.2) is 0 Å². The number of likely N-dealkylation sites (N-methyl/N-ethyl adjacent to an activating group) is 1. The van der Waals surface area contributed by atoms with E-state index in [1.54, 1.807) is 13.3 Å². The van der Waals surface area contributed by atoms with Crippen LogP contribution in [0.25, 0.3) is 0 Å². The van der Waals surface area contributed by atoms with E-state index in [9.17, 15) is 4.79 Å². The summed E-state index contributed by atoms with van der Waals surface area (Å²) in [5.41, 5.74) is 0.936. The van der Waals surface area contributed by atoms with Crippen molar-refractivity contribution in [2.24, 2.45) is 0 Å². The van der Waals surface area contributed by atoms with Crippen LogP contribution in [0.1, 0.15) is 19.4 Å². The normalized spacial score (nSPS) is 11.9. The van der Waals surface area contributed by atoms with Gasteiger partial charge < -0.3 is 15.4 Å².